The van der Waals surface area contributed by atoms with E-state index in [4.69, 9.17) is 23.2 Å². The smallest absolute Gasteiger partial charge is 0.255 e. The Kier molecular flexibility index (Phi) is 5.19. The topological polar surface area (TPSA) is 66.5 Å². The van der Waals surface area contributed by atoms with Crippen LogP contribution < -0.4 is 9.62 Å². The fraction of sp³-hybridized carbons (Fsp3) is 0.133. The molecule has 0 aliphatic carbocycles. The normalized spacial score (nSPS) is 11.1. The Morgan fingerprint density at radius 3 is 2.26 bits per heavy atom. The van der Waals surface area contributed by atoms with Gasteiger partial charge in [0.05, 0.1) is 17.0 Å². The first-order valence-corrected chi connectivity index (χ1v) is 9.09. The largest absolute Gasteiger partial charge is 0.322 e. The van der Waals surface area contributed by atoms with Gasteiger partial charge in [0.15, 0.2) is 0 Å². The molecule has 2 aromatic carbocycles. The third kappa shape index (κ3) is 4.37. The van der Waals surface area contributed by atoms with Gasteiger partial charge in [0.2, 0.25) is 10.0 Å². The summed E-state index contributed by atoms with van der Waals surface area (Å²) in [5, 5.41) is 3.50. The van der Waals surface area contributed by atoms with Crippen LogP contribution in [0.3, 0.4) is 0 Å². The molecule has 0 spiro atoms. The Labute approximate surface area is 144 Å². The maximum Gasteiger partial charge on any atom is 0.255 e. The van der Waals surface area contributed by atoms with Crippen molar-refractivity contribution in [1.82, 2.24) is 0 Å². The summed E-state index contributed by atoms with van der Waals surface area (Å²) in [5.41, 5.74) is 1.10. The maximum absolute atomic E-state index is 12.3. The molecule has 23 heavy (non-hydrogen) atoms. The summed E-state index contributed by atoms with van der Waals surface area (Å²) in [5.74, 6) is -0.382. The molecule has 0 aliphatic heterocycles. The summed E-state index contributed by atoms with van der Waals surface area (Å²) in [6, 6.07) is 11.1. The summed E-state index contributed by atoms with van der Waals surface area (Å²) >= 11 is 11.8. The molecule has 0 aliphatic rings. The molecule has 0 radical (unpaired) electrons. The van der Waals surface area contributed by atoms with Gasteiger partial charge in [-0.25, -0.2) is 8.42 Å². The van der Waals surface area contributed by atoms with Gasteiger partial charge in [-0.3, -0.25) is 9.10 Å². The molecule has 0 saturated carbocycles. The van der Waals surface area contributed by atoms with Crippen LogP contribution in [0, 0.1) is 0 Å². The Hall–Kier alpha value is -1.76. The number of hydrogen-bond donors (Lipinski definition) is 1. The maximum atomic E-state index is 12.3. The van der Waals surface area contributed by atoms with Crippen molar-refractivity contribution in [2.24, 2.45) is 0 Å². The molecule has 0 atom stereocenters. The van der Waals surface area contributed by atoms with Crippen molar-refractivity contribution in [3.8, 4) is 0 Å². The van der Waals surface area contributed by atoms with Gasteiger partial charge in [-0.05, 0) is 42.5 Å². The van der Waals surface area contributed by atoms with E-state index >= 15 is 0 Å². The summed E-state index contributed by atoms with van der Waals surface area (Å²) in [6.07, 6.45) is 1.06. The number of carbonyl (C=O) groups is 1. The molecule has 8 heteroatoms. The Morgan fingerprint density at radius 1 is 1.09 bits per heavy atom. The molecule has 0 saturated heterocycles. The van der Waals surface area contributed by atoms with Crippen LogP contribution in [0.5, 0.6) is 0 Å². The van der Waals surface area contributed by atoms with Crippen LogP contribution in [0.4, 0.5) is 11.4 Å². The minimum Gasteiger partial charge on any atom is -0.322 e. The first-order valence-electron chi connectivity index (χ1n) is 6.49. The zero-order chi connectivity index (χ0) is 17.2. The van der Waals surface area contributed by atoms with Crippen molar-refractivity contribution >= 4 is 50.5 Å². The van der Waals surface area contributed by atoms with Crippen LogP contribution in [0.2, 0.25) is 10.0 Å². The van der Waals surface area contributed by atoms with E-state index in [1.807, 2.05) is 0 Å². The number of sulfonamides is 1. The highest BCUT2D eigenvalue weighted by atomic mass is 35.5. The number of benzene rings is 2. The Morgan fingerprint density at radius 2 is 1.70 bits per heavy atom. The molecule has 0 unspecified atom stereocenters. The number of nitrogens with zero attached hydrogens (tertiary/aromatic N) is 1. The van der Waals surface area contributed by atoms with Crippen LogP contribution in [0.25, 0.3) is 0 Å². The fourth-order valence-corrected chi connectivity index (χ4v) is 2.74. The second-order valence-electron chi connectivity index (χ2n) is 4.86. The SMILES string of the molecule is CN(c1cc(C(=O)Nc2ccc(Cl)cc2)ccc1Cl)S(C)(=O)=O. The van der Waals surface area contributed by atoms with Crippen molar-refractivity contribution in [3.05, 3.63) is 58.1 Å². The number of carbonyl (C=O) groups excluding carboxylic acids is 1. The van der Waals surface area contributed by atoms with E-state index in [0.29, 0.717) is 10.7 Å². The molecule has 0 heterocycles. The molecule has 1 amide bonds. The lowest BCUT2D eigenvalue weighted by molar-refractivity contribution is 0.102. The van der Waals surface area contributed by atoms with Crippen LogP contribution >= 0.6 is 23.2 Å². The molecule has 2 aromatic rings. The zero-order valence-corrected chi connectivity index (χ0v) is 14.7. The predicted molar refractivity (Wildman–Crippen MR) is 94.1 cm³/mol. The second-order valence-corrected chi connectivity index (χ2v) is 7.72. The minimum absolute atomic E-state index is 0.234. The van der Waals surface area contributed by atoms with E-state index in [1.165, 1.54) is 25.2 Å². The number of rotatable bonds is 4. The Bertz CT molecular complexity index is 836. The van der Waals surface area contributed by atoms with E-state index < -0.39 is 10.0 Å². The third-order valence-corrected chi connectivity index (χ3v) is 4.91. The van der Waals surface area contributed by atoms with Crippen LogP contribution in [0.1, 0.15) is 10.4 Å². The van der Waals surface area contributed by atoms with Crippen molar-refractivity contribution < 1.29 is 13.2 Å². The summed E-state index contributed by atoms with van der Waals surface area (Å²) in [7, 11) is -2.11. The van der Waals surface area contributed by atoms with E-state index in [9.17, 15) is 13.2 Å². The highest BCUT2D eigenvalue weighted by molar-refractivity contribution is 7.92. The average Bonchev–Trinajstić information content (AvgIpc) is 2.48. The Balaban J connectivity index is 2.29. The number of nitrogens with one attached hydrogen (secondary N) is 1. The lowest BCUT2D eigenvalue weighted by Gasteiger charge is -2.18. The number of halogens is 2. The van der Waals surface area contributed by atoms with Crippen LogP contribution in [-0.2, 0) is 10.0 Å². The molecule has 122 valence electrons. The predicted octanol–water partition coefficient (Wildman–Crippen LogP) is 3.64. The van der Waals surface area contributed by atoms with Gasteiger partial charge in [-0.15, -0.1) is 0 Å². The van der Waals surface area contributed by atoms with Crippen molar-refractivity contribution in [1.29, 1.82) is 0 Å². The third-order valence-electron chi connectivity index (χ3n) is 3.15. The lowest BCUT2D eigenvalue weighted by Crippen LogP contribution is -2.25. The summed E-state index contributed by atoms with van der Waals surface area (Å²) in [4.78, 5) is 12.3. The van der Waals surface area contributed by atoms with Gasteiger partial charge >= 0.3 is 0 Å². The number of amides is 1. The number of anilines is 2. The zero-order valence-electron chi connectivity index (χ0n) is 12.4. The van der Waals surface area contributed by atoms with Gasteiger partial charge < -0.3 is 5.32 Å². The quantitative estimate of drug-likeness (QED) is 0.890. The molecule has 1 N–H and O–H groups in total. The van der Waals surface area contributed by atoms with Gasteiger partial charge in [0, 0.05) is 23.3 Å². The van der Waals surface area contributed by atoms with E-state index in [-0.39, 0.29) is 22.2 Å². The molecule has 0 bridgehead atoms. The van der Waals surface area contributed by atoms with E-state index in [0.717, 1.165) is 10.6 Å². The summed E-state index contributed by atoms with van der Waals surface area (Å²) < 4.78 is 24.3. The standard InChI is InChI=1S/C15H14Cl2N2O3S/c1-19(23(2,21)22)14-9-10(3-8-13(14)17)15(20)18-12-6-4-11(16)5-7-12/h3-9H,1-2H3,(H,18,20). The molecule has 2 rings (SSSR count). The molecular formula is C15H14Cl2N2O3S. The van der Waals surface area contributed by atoms with Gasteiger partial charge in [0.1, 0.15) is 0 Å². The van der Waals surface area contributed by atoms with Crippen LogP contribution in [0.15, 0.2) is 42.5 Å². The molecule has 0 fully saturated rings. The monoisotopic (exact) mass is 372 g/mol. The molecule has 0 aromatic heterocycles. The van der Waals surface area contributed by atoms with Gasteiger partial charge in [0.25, 0.3) is 5.91 Å². The van der Waals surface area contributed by atoms with Crippen molar-refractivity contribution in [3.63, 3.8) is 0 Å². The number of hydrogen-bond acceptors (Lipinski definition) is 3. The highest BCUT2D eigenvalue weighted by Crippen LogP contribution is 2.28. The second kappa shape index (κ2) is 6.78. The molecule has 5 nitrogen and oxygen atoms in total. The molecular weight excluding hydrogens is 359 g/mol. The van der Waals surface area contributed by atoms with Gasteiger partial charge in [-0.2, -0.15) is 0 Å². The van der Waals surface area contributed by atoms with Crippen molar-refractivity contribution in [2.75, 3.05) is 22.9 Å². The first-order chi connectivity index (χ1) is 10.7. The van der Waals surface area contributed by atoms with Crippen molar-refractivity contribution in [2.45, 2.75) is 0 Å². The van der Waals surface area contributed by atoms with Gasteiger partial charge in [-0.1, -0.05) is 23.2 Å². The lowest BCUT2D eigenvalue weighted by atomic mass is 10.2. The van der Waals surface area contributed by atoms with E-state index in [2.05, 4.69) is 5.32 Å². The summed E-state index contributed by atoms with van der Waals surface area (Å²) in [6.45, 7) is 0. The van der Waals surface area contributed by atoms with Crippen LogP contribution in [-0.4, -0.2) is 27.6 Å². The first kappa shape index (κ1) is 17.6. The van der Waals surface area contributed by atoms with E-state index in [1.54, 1.807) is 24.3 Å². The average molecular weight is 373 g/mol. The minimum atomic E-state index is -3.48. The fourth-order valence-electron chi connectivity index (χ4n) is 1.81. The highest BCUT2D eigenvalue weighted by Gasteiger charge is 2.17.